The molecule has 0 aromatic heterocycles. The van der Waals surface area contributed by atoms with E-state index >= 15 is 0 Å². The molecule has 1 heterocycles. The number of ketones is 1. The summed E-state index contributed by atoms with van der Waals surface area (Å²) in [6, 6.07) is 18.5. The number of alkyl halides is 6. The maximum Gasteiger partial charge on any atom is 0.490 e. The van der Waals surface area contributed by atoms with Crippen LogP contribution in [0.4, 0.5) is 36.8 Å². The van der Waals surface area contributed by atoms with Crippen molar-refractivity contribution in [2.45, 2.75) is 109 Å². The van der Waals surface area contributed by atoms with Crippen LogP contribution in [0.3, 0.4) is 0 Å². The van der Waals surface area contributed by atoms with Crippen molar-refractivity contribution in [2.24, 2.45) is 17.8 Å². The molecule has 1 saturated heterocycles. The van der Waals surface area contributed by atoms with E-state index in [1.807, 2.05) is 70.2 Å². The third-order valence-electron chi connectivity index (χ3n) is 12.1. The van der Waals surface area contributed by atoms with E-state index in [4.69, 9.17) is 14.6 Å². The second-order valence-corrected chi connectivity index (χ2v) is 18.5. The predicted molar refractivity (Wildman–Crippen MR) is 238 cm³/mol. The van der Waals surface area contributed by atoms with Crippen molar-refractivity contribution in [1.29, 1.82) is 0 Å². The summed E-state index contributed by atoms with van der Waals surface area (Å²) in [5.74, 6) is -3.92. The van der Waals surface area contributed by atoms with E-state index in [9.17, 15) is 45.5 Å². The van der Waals surface area contributed by atoms with E-state index in [0.29, 0.717) is 41.8 Å². The minimum atomic E-state index is -5.08. The van der Waals surface area contributed by atoms with Gasteiger partial charge >= 0.3 is 24.4 Å². The number of aryl methyl sites for hydroxylation is 1. The first-order valence-electron chi connectivity index (χ1n) is 22.0. The largest absolute Gasteiger partial charge is 0.490 e. The topological polar surface area (TPSA) is 154 Å². The molecule has 3 aromatic carbocycles. The summed E-state index contributed by atoms with van der Waals surface area (Å²) in [5.41, 5.74) is 4.47. The monoisotopic (exact) mass is 928 g/mol. The van der Waals surface area contributed by atoms with Gasteiger partial charge in [-0.3, -0.25) is 14.4 Å². The number of carbonyl (C=O) groups is 5. The number of ether oxygens (including phenoxy) is 1. The van der Waals surface area contributed by atoms with E-state index in [1.54, 1.807) is 18.2 Å². The van der Waals surface area contributed by atoms with Crippen molar-refractivity contribution in [1.82, 2.24) is 15.5 Å². The Balaban J connectivity index is 0.00000108. The van der Waals surface area contributed by atoms with Crippen molar-refractivity contribution in [3.05, 3.63) is 94.1 Å². The van der Waals surface area contributed by atoms with Crippen LogP contribution in [0.2, 0.25) is 0 Å². The van der Waals surface area contributed by atoms with Gasteiger partial charge < -0.3 is 30.7 Å². The summed E-state index contributed by atoms with van der Waals surface area (Å²) >= 11 is 0. The number of anilines is 1. The van der Waals surface area contributed by atoms with Gasteiger partial charge in [0.2, 0.25) is 5.91 Å². The molecule has 2 aliphatic carbocycles. The Kier molecular flexibility index (Phi) is 16.9. The minimum absolute atomic E-state index is 0.00241. The number of allylic oxidation sites excluding steroid dienone is 1. The van der Waals surface area contributed by atoms with Crippen molar-refractivity contribution in [3.63, 3.8) is 0 Å². The molecule has 2 fully saturated rings. The van der Waals surface area contributed by atoms with Gasteiger partial charge in [-0.25, -0.2) is 9.59 Å². The smallest absolute Gasteiger partial charge is 0.475 e. The zero-order chi connectivity index (χ0) is 48.6. The van der Waals surface area contributed by atoms with Crippen LogP contribution in [0, 0.1) is 24.7 Å². The van der Waals surface area contributed by atoms with Gasteiger partial charge in [-0.15, -0.1) is 0 Å². The van der Waals surface area contributed by atoms with Crippen LogP contribution in [0.5, 0.6) is 0 Å². The standard InChI is InChI=1S/C47H57F3N4O5.C2HF3O2/c1-29-22-35(43(56)52-39-18-20-54(5)21-19-39)15-17-41(29)32-10-6-30(7-11-32)23-37(44(57)53-40-16-14-34-24-38(47(48,49)50)25-36(34)26-40)27-42(55)33-12-8-31(9-13-33)28-51-45(58)59-46(2,3)4;3-2(4,5)1(6)7/h6-7,10-11,14-17,22,25-26,31,33,37,39H,8-9,12-13,18-21,23-24,27-28H2,1-5H3,(H,51,58)(H,52,56)(H,53,57);(H,6,7)/t31?,33?,37-;/m1./s1. The number of Topliss-reactive ketones (excluding diaryl/α,β-unsaturated/α-hetero) is 1. The molecule has 17 heteroatoms. The SMILES string of the molecule is Cc1cc(C(=O)NC2CCN(C)CC2)ccc1-c1ccc(C[C@H](CC(=O)C2CCC(CNC(=O)OC(C)(C)C)CC2)C(=O)Nc2ccc3c(c2)C=C(C(F)(F)F)C3)cc1.O=C(O)C(F)(F)F. The molecule has 66 heavy (non-hydrogen) atoms. The number of halogens is 6. The Hall–Kier alpha value is -5.71. The average Bonchev–Trinajstić information content (AvgIpc) is 3.68. The highest BCUT2D eigenvalue weighted by molar-refractivity contribution is 5.97. The van der Waals surface area contributed by atoms with Gasteiger partial charge in [0.1, 0.15) is 11.4 Å². The molecule has 6 rings (SSSR count). The third-order valence-corrected chi connectivity index (χ3v) is 12.1. The Bertz CT molecular complexity index is 2250. The van der Waals surface area contributed by atoms with E-state index in [1.165, 1.54) is 0 Å². The Morgan fingerprint density at radius 3 is 2.06 bits per heavy atom. The van der Waals surface area contributed by atoms with Gasteiger partial charge in [0.25, 0.3) is 5.91 Å². The molecular weight excluding hydrogens is 871 g/mol. The summed E-state index contributed by atoms with van der Waals surface area (Å²) < 4.78 is 77.4. The lowest BCUT2D eigenvalue weighted by Crippen LogP contribution is -2.43. The maximum atomic E-state index is 14.0. The fraction of sp³-hybridized carbons (Fsp3) is 0.490. The fourth-order valence-corrected chi connectivity index (χ4v) is 8.39. The summed E-state index contributed by atoms with van der Waals surface area (Å²) in [6.07, 6.45) is -4.09. The van der Waals surface area contributed by atoms with Crippen LogP contribution < -0.4 is 16.0 Å². The van der Waals surface area contributed by atoms with Crippen molar-refractivity contribution < 1.29 is 60.2 Å². The number of likely N-dealkylation sites (tertiary alicyclic amines) is 1. The fourth-order valence-electron chi connectivity index (χ4n) is 8.39. The zero-order valence-corrected chi connectivity index (χ0v) is 37.8. The number of nitrogens with one attached hydrogen (secondary N) is 3. The van der Waals surface area contributed by atoms with Crippen molar-refractivity contribution in [2.75, 3.05) is 32.0 Å². The van der Waals surface area contributed by atoms with Gasteiger partial charge in [-0.05, 0) is 162 Å². The van der Waals surface area contributed by atoms with E-state index in [2.05, 4.69) is 27.9 Å². The highest BCUT2D eigenvalue weighted by atomic mass is 19.4. The molecule has 0 bridgehead atoms. The molecule has 0 unspecified atom stereocenters. The maximum absolute atomic E-state index is 14.0. The highest BCUT2D eigenvalue weighted by Crippen LogP contribution is 2.38. The van der Waals surface area contributed by atoms with Crippen LogP contribution in [-0.2, 0) is 32.0 Å². The second-order valence-electron chi connectivity index (χ2n) is 18.5. The van der Waals surface area contributed by atoms with Gasteiger partial charge in [0.15, 0.2) is 0 Å². The molecule has 0 radical (unpaired) electrons. The van der Waals surface area contributed by atoms with E-state index < -0.39 is 41.5 Å². The Morgan fingerprint density at radius 2 is 1.48 bits per heavy atom. The number of carbonyl (C=O) groups excluding carboxylic acids is 4. The molecular formula is C49H58F6N4O7. The quantitative estimate of drug-likeness (QED) is 0.131. The second kappa shape index (κ2) is 21.7. The number of carboxylic acid groups (broad SMARTS) is 1. The number of carboxylic acids is 1. The first kappa shape index (κ1) is 51.3. The number of rotatable bonds is 12. The number of aliphatic carboxylic acids is 1. The first-order chi connectivity index (χ1) is 30.8. The minimum Gasteiger partial charge on any atom is -0.475 e. The normalized spacial score (nSPS) is 18.4. The molecule has 3 amide bonds. The predicted octanol–water partition coefficient (Wildman–Crippen LogP) is 9.71. The van der Waals surface area contributed by atoms with Crippen molar-refractivity contribution >= 4 is 41.4 Å². The third kappa shape index (κ3) is 15.2. The first-order valence-corrected chi connectivity index (χ1v) is 22.0. The Labute approximate surface area is 380 Å². The number of hydrogen-bond acceptors (Lipinski definition) is 7. The Morgan fingerprint density at radius 1 is 0.848 bits per heavy atom. The van der Waals surface area contributed by atoms with Gasteiger partial charge in [-0.2, -0.15) is 26.3 Å². The average molecular weight is 929 g/mol. The van der Waals surface area contributed by atoms with Gasteiger partial charge in [0, 0.05) is 54.1 Å². The van der Waals surface area contributed by atoms with Crippen LogP contribution in [-0.4, -0.2) is 90.3 Å². The summed E-state index contributed by atoms with van der Waals surface area (Å²) in [6.45, 7) is 9.79. The van der Waals surface area contributed by atoms with Gasteiger partial charge in [-0.1, -0.05) is 36.4 Å². The molecule has 3 aliphatic rings. The molecule has 3 aromatic rings. The van der Waals surface area contributed by atoms with Crippen LogP contribution in [0.1, 0.15) is 98.3 Å². The zero-order valence-electron chi connectivity index (χ0n) is 37.8. The molecule has 0 spiro atoms. The number of benzene rings is 3. The van der Waals surface area contributed by atoms with Crippen LogP contribution in [0.15, 0.2) is 66.2 Å². The van der Waals surface area contributed by atoms with Crippen molar-refractivity contribution in [3.8, 4) is 11.1 Å². The summed E-state index contributed by atoms with van der Waals surface area (Å²) in [4.78, 5) is 64.2. The summed E-state index contributed by atoms with van der Waals surface area (Å²) in [5, 5.41) is 16.0. The lowest BCUT2D eigenvalue weighted by molar-refractivity contribution is -0.192. The molecule has 1 aliphatic heterocycles. The van der Waals surface area contributed by atoms with Gasteiger partial charge in [0.05, 0.1) is 0 Å². The number of fused-ring (bicyclic) bond motifs is 1. The van der Waals surface area contributed by atoms with E-state index in [-0.39, 0.29) is 54.7 Å². The summed E-state index contributed by atoms with van der Waals surface area (Å²) in [7, 11) is 2.09. The lowest BCUT2D eigenvalue weighted by atomic mass is 9.77. The molecule has 11 nitrogen and oxygen atoms in total. The molecule has 1 saturated carbocycles. The molecule has 358 valence electrons. The number of nitrogens with zero attached hydrogens (tertiary/aromatic N) is 1. The number of amides is 3. The molecule has 1 atom stereocenters. The van der Waals surface area contributed by atoms with E-state index in [0.717, 1.165) is 67.1 Å². The van der Waals surface area contributed by atoms with Crippen LogP contribution in [0.25, 0.3) is 17.2 Å². The number of hydrogen-bond donors (Lipinski definition) is 4. The number of piperidine rings is 1. The lowest BCUT2D eigenvalue weighted by Gasteiger charge is -2.29. The number of alkyl carbamates (subject to hydrolysis) is 1. The molecule has 4 N–H and O–H groups in total. The van der Waals surface area contributed by atoms with Crippen LogP contribution >= 0.6 is 0 Å². The highest BCUT2D eigenvalue weighted by Gasteiger charge is 2.39.